The van der Waals surface area contributed by atoms with Crippen LogP contribution in [0.2, 0.25) is 0 Å². The molecule has 0 aliphatic carbocycles. The van der Waals surface area contributed by atoms with Crippen molar-refractivity contribution in [2.45, 2.75) is 32.8 Å². The molecule has 3 rings (SSSR count). The van der Waals surface area contributed by atoms with Crippen LogP contribution in [0.3, 0.4) is 0 Å². The Bertz CT molecular complexity index is 1410. The van der Waals surface area contributed by atoms with Crippen LogP contribution >= 0.6 is 0 Å². The first-order chi connectivity index (χ1) is 18.9. The number of nitrogens with zero attached hydrogens (tertiary/aromatic N) is 2. The highest BCUT2D eigenvalue weighted by molar-refractivity contribution is 5.69. The van der Waals surface area contributed by atoms with E-state index in [1.54, 1.807) is 0 Å². The van der Waals surface area contributed by atoms with Gasteiger partial charge in [0.15, 0.2) is 5.75 Å². The fourth-order valence-electron chi connectivity index (χ4n) is 3.36. The van der Waals surface area contributed by atoms with Crippen molar-refractivity contribution >= 4 is 12.2 Å². The summed E-state index contributed by atoms with van der Waals surface area (Å²) in [4.78, 5) is 0. The number of aromatic nitrogens is 2. The molecule has 0 fully saturated rings. The summed E-state index contributed by atoms with van der Waals surface area (Å²) in [6.45, 7) is 7.83. The van der Waals surface area contributed by atoms with Crippen LogP contribution in [0.4, 0.5) is 26.3 Å². The van der Waals surface area contributed by atoms with Crippen molar-refractivity contribution in [1.29, 1.82) is 0 Å². The van der Waals surface area contributed by atoms with E-state index in [1.165, 1.54) is 18.2 Å². The lowest BCUT2D eigenvalue weighted by Gasteiger charge is -2.15. The Morgan fingerprint density at radius 2 is 1.55 bits per heavy atom. The molecule has 0 radical (unpaired) electrons. The van der Waals surface area contributed by atoms with Crippen LogP contribution in [-0.4, -0.2) is 16.8 Å². The molecule has 0 saturated carbocycles. The first kappa shape index (κ1) is 30.2. The van der Waals surface area contributed by atoms with Crippen LogP contribution < -0.4 is 9.47 Å². The predicted molar refractivity (Wildman–Crippen MR) is 141 cm³/mol. The summed E-state index contributed by atoms with van der Waals surface area (Å²) < 4.78 is 90.9. The summed E-state index contributed by atoms with van der Waals surface area (Å²) >= 11 is 0. The van der Waals surface area contributed by atoms with E-state index in [4.69, 9.17) is 9.47 Å². The van der Waals surface area contributed by atoms with Crippen molar-refractivity contribution in [3.63, 3.8) is 0 Å². The molecule has 0 bridgehead atoms. The third-order valence-corrected chi connectivity index (χ3v) is 5.41. The maximum Gasteiger partial charge on any atom is 0.417 e. The number of hydrogen-bond acceptors (Lipinski definition) is 4. The largest absolute Gasteiger partial charge is 0.483 e. The first-order valence-corrected chi connectivity index (χ1v) is 12.0. The molecule has 0 aliphatic heterocycles. The molecule has 10 heteroatoms. The van der Waals surface area contributed by atoms with Gasteiger partial charge in [0.05, 0.1) is 16.8 Å². The standard InChI is InChI=1S/C30H26F6N2O2/c1-4-21(11-10-20(2)3)18-39-27-17-24(37-38-28(27)40-19-23-8-6-5-7-9-23)14-12-22-13-15-25(29(31,32)33)26(16-22)30(34,35)36/h4-17H,2,18-19H2,1,3H3. The minimum atomic E-state index is -5.18. The van der Waals surface area contributed by atoms with Gasteiger partial charge in [0.1, 0.15) is 13.2 Å². The van der Waals surface area contributed by atoms with E-state index in [2.05, 4.69) is 16.8 Å². The van der Waals surface area contributed by atoms with E-state index in [0.717, 1.165) is 22.8 Å². The Balaban J connectivity index is 1.90. The third kappa shape index (κ3) is 8.86. The lowest BCUT2D eigenvalue weighted by molar-refractivity contribution is -0.162. The van der Waals surface area contributed by atoms with Gasteiger partial charge in [0.25, 0.3) is 5.88 Å². The molecule has 0 unspecified atom stereocenters. The van der Waals surface area contributed by atoms with E-state index in [9.17, 15) is 26.3 Å². The molecule has 0 atom stereocenters. The van der Waals surface area contributed by atoms with Crippen LogP contribution in [0.5, 0.6) is 11.6 Å². The van der Waals surface area contributed by atoms with Crippen molar-refractivity contribution in [2.75, 3.05) is 6.61 Å². The molecule has 3 aromatic rings. The Labute approximate surface area is 228 Å². The fourth-order valence-corrected chi connectivity index (χ4v) is 3.36. The van der Waals surface area contributed by atoms with E-state index < -0.39 is 23.5 Å². The van der Waals surface area contributed by atoms with Gasteiger partial charge >= 0.3 is 12.4 Å². The molecule has 0 N–H and O–H groups in total. The number of hydrogen-bond donors (Lipinski definition) is 0. The molecule has 1 heterocycles. The van der Waals surface area contributed by atoms with Crippen LogP contribution in [0.15, 0.2) is 90.6 Å². The van der Waals surface area contributed by atoms with E-state index >= 15 is 0 Å². The van der Waals surface area contributed by atoms with E-state index in [1.807, 2.05) is 62.4 Å². The van der Waals surface area contributed by atoms with Crippen molar-refractivity contribution < 1.29 is 35.8 Å². The summed E-state index contributed by atoms with van der Waals surface area (Å²) in [6, 6.07) is 12.6. The maximum absolute atomic E-state index is 13.3. The highest BCUT2D eigenvalue weighted by Gasteiger charge is 2.42. The molecule has 2 aromatic carbocycles. The van der Waals surface area contributed by atoms with E-state index in [-0.39, 0.29) is 36.1 Å². The number of allylic oxidation sites excluding steroid dienone is 3. The van der Waals surface area contributed by atoms with Crippen LogP contribution in [-0.2, 0) is 19.0 Å². The number of benzene rings is 2. The van der Waals surface area contributed by atoms with Gasteiger partial charge in [-0.05, 0) is 48.8 Å². The van der Waals surface area contributed by atoms with Crippen LogP contribution in [0.25, 0.3) is 12.2 Å². The van der Waals surface area contributed by atoms with Gasteiger partial charge in [-0.3, -0.25) is 0 Å². The zero-order valence-corrected chi connectivity index (χ0v) is 21.7. The second kappa shape index (κ2) is 13.1. The summed E-state index contributed by atoms with van der Waals surface area (Å²) in [6.07, 6.45) is -2.29. The molecular formula is C30H26F6N2O2. The van der Waals surface area contributed by atoms with Gasteiger partial charge in [-0.15, -0.1) is 10.2 Å². The molecule has 0 aliphatic rings. The topological polar surface area (TPSA) is 44.2 Å². The Morgan fingerprint density at radius 1 is 0.850 bits per heavy atom. The average Bonchev–Trinajstić information content (AvgIpc) is 2.90. The average molecular weight is 561 g/mol. The van der Waals surface area contributed by atoms with Gasteiger partial charge in [0.2, 0.25) is 0 Å². The molecule has 210 valence electrons. The molecule has 4 nitrogen and oxygen atoms in total. The minimum Gasteiger partial charge on any atom is -0.483 e. The van der Waals surface area contributed by atoms with Gasteiger partial charge < -0.3 is 9.47 Å². The SMILES string of the molecule is C=C(C)C=CC(=CC)COc1cc(C=Cc2ccc(C(F)(F)F)c(C(F)(F)F)c2)nnc1OCc1ccccc1. The molecule has 0 amide bonds. The Morgan fingerprint density at radius 3 is 2.17 bits per heavy atom. The second-order valence-corrected chi connectivity index (χ2v) is 8.68. The summed E-state index contributed by atoms with van der Waals surface area (Å²) in [7, 11) is 0. The lowest BCUT2D eigenvalue weighted by Crippen LogP contribution is -2.16. The maximum atomic E-state index is 13.3. The van der Waals surface area contributed by atoms with Gasteiger partial charge in [-0.1, -0.05) is 72.9 Å². The highest BCUT2D eigenvalue weighted by Crippen LogP contribution is 2.40. The highest BCUT2D eigenvalue weighted by atomic mass is 19.4. The fraction of sp³-hybridized carbons (Fsp3) is 0.200. The molecule has 40 heavy (non-hydrogen) atoms. The molecule has 0 spiro atoms. The number of ether oxygens (including phenoxy) is 2. The number of rotatable bonds is 10. The summed E-state index contributed by atoms with van der Waals surface area (Å²) in [5, 5.41) is 8.08. The molecule has 0 saturated heterocycles. The van der Waals surface area contributed by atoms with Crippen molar-refractivity contribution in [1.82, 2.24) is 10.2 Å². The van der Waals surface area contributed by atoms with Crippen molar-refractivity contribution in [2.24, 2.45) is 0 Å². The van der Waals surface area contributed by atoms with Gasteiger partial charge in [-0.2, -0.15) is 26.3 Å². The minimum absolute atomic E-state index is 0.0919. The zero-order valence-electron chi connectivity index (χ0n) is 21.7. The second-order valence-electron chi connectivity index (χ2n) is 8.68. The number of alkyl halides is 6. The Hall–Kier alpha value is -4.34. The van der Waals surface area contributed by atoms with Crippen molar-refractivity contribution in [3.8, 4) is 11.6 Å². The summed E-state index contributed by atoms with van der Waals surface area (Å²) in [5.41, 5.74) is -0.890. The summed E-state index contributed by atoms with van der Waals surface area (Å²) in [5.74, 6) is 0.311. The third-order valence-electron chi connectivity index (χ3n) is 5.41. The molecular weight excluding hydrogens is 534 g/mol. The smallest absolute Gasteiger partial charge is 0.417 e. The van der Waals surface area contributed by atoms with Gasteiger partial charge in [0, 0.05) is 6.07 Å². The lowest BCUT2D eigenvalue weighted by atomic mass is 10.0. The van der Waals surface area contributed by atoms with Crippen LogP contribution in [0, 0.1) is 0 Å². The number of halogens is 6. The quantitative estimate of drug-likeness (QED) is 0.184. The van der Waals surface area contributed by atoms with E-state index in [0.29, 0.717) is 12.1 Å². The Kier molecular flexibility index (Phi) is 9.93. The molecule has 1 aromatic heterocycles. The zero-order chi connectivity index (χ0) is 29.3. The normalized spacial score (nSPS) is 12.8. The monoisotopic (exact) mass is 560 g/mol. The van der Waals surface area contributed by atoms with Crippen LogP contribution in [0.1, 0.15) is 41.8 Å². The first-order valence-electron chi connectivity index (χ1n) is 12.0. The van der Waals surface area contributed by atoms with Gasteiger partial charge in [-0.25, -0.2) is 0 Å². The predicted octanol–water partition coefficient (Wildman–Crippen LogP) is 8.72. The van der Waals surface area contributed by atoms with Crippen molar-refractivity contribution in [3.05, 3.63) is 118 Å².